The van der Waals surface area contributed by atoms with Gasteiger partial charge in [-0.15, -0.1) is 0 Å². The third kappa shape index (κ3) is 12.2. The molecule has 0 aliphatic rings. The Labute approximate surface area is 210 Å². The van der Waals surface area contributed by atoms with Crippen LogP contribution in [0.4, 0.5) is 0 Å². The van der Waals surface area contributed by atoms with Crippen LogP contribution in [0.25, 0.3) is 6.08 Å². The normalized spacial score (nSPS) is 13.6. The van der Waals surface area contributed by atoms with E-state index >= 15 is 0 Å². The SMILES string of the molecule is CC(NC(=O)/C=C/c1ccc(Cl)cc1)C(=O)C[C@@H](CCC(=O)NC(CCCCN)C(N)=O)C(N)=O. The fourth-order valence-corrected chi connectivity index (χ4v) is 3.33. The molecule has 2 unspecified atom stereocenters. The van der Waals surface area contributed by atoms with E-state index in [4.69, 9.17) is 28.8 Å². The van der Waals surface area contributed by atoms with Crippen molar-refractivity contribution in [3.8, 4) is 0 Å². The molecule has 0 bridgehead atoms. The molecule has 0 spiro atoms. The molecule has 0 saturated heterocycles. The molecule has 0 aromatic heterocycles. The van der Waals surface area contributed by atoms with Gasteiger partial charge in [-0.25, -0.2) is 0 Å². The average molecular weight is 508 g/mol. The fourth-order valence-electron chi connectivity index (χ4n) is 3.20. The van der Waals surface area contributed by atoms with Crippen LogP contribution in [-0.2, 0) is 24.0 Å². The Kier molecular flexibility index (Phi) is 13.3. The molecular weight excluding hydrogens is 474 g/mol. The van der Waals surface area contributed by atoms with E-state index in [9.17, 15) is 24.0 Å². The third-order valence-corrected chi connectivity index (χ3v) is 5.59. The van der Waals surface area contributed by atoms with Crippen LogP contribution in [0, 0.1) is 5.92 Å². The Hall–Kier alpha value is -3.24. The molecule has 4 amide bonds. The first-order valence-corrected chi connectivity index (χ1v) is 11.8. The van der Waals surface area contributed by atoms with Gasteiger partial charge in [0.05, 0.1) is 6.04 Å². The zero-order valence-corrected chi connectivity index (χ0v) is 20.6. The van der Waals surface area contributed by atoms with E-state index in [1.807, 2.05) is 0 Å². The van der Waals surface area contributed by atoms with Crippen molar-refractivity contribution in [3.63, 3.8) is 0 Å². The lowest BCUT2D eigenvalue weighted by Crippen LogP contribution is -2.44. The summed E-state index contributed by atoms with van der Waals surface area (Å²) in [6.45, 7) is 1.96. The maximum atomic E-state index is 12.5. The van der Waals surface area contributed by atoms with Gasteiger partial charge in [-0.3, -0.25) is 24.0 Å². The molecule has 0 radical (unpaired) electrons. The second-order valence-corrected chi connectivity index (χ2v) is 8.67. The first-order valence-electron chi connectivity index (χ1n) is 11.4. The number of hydrogen-bond acceptors (Lipinski definition) is 6. The number of nitrogens with one attached hydrogen (secondary N) is 2. The van der Waals surface area contributed by atoms with Crippen LogP contribution in [0.5, 0.6) is 0 Å². The van der Waals surface area contributed by atoms with Crippen LogP contribution in [0.1, 0.15) is 51.0 Å². The van der Waals surface area contributed by atoms with Gasteiger partial charge in [0, 0.05) is 29.9 Å². The number of unbranched alkanes of at least 4 members (excludes halogenated alkanes) is 1. The van der Waals surface area contributed by atoms with Gasteiger partial charge in [0.1, 0.15) is 6.04 Å². The van der Waals surface area contributed by atoms with Gasteiger partial charge in [0.25, 0.3) is 0 Å². The number of carbonyl (C=O) groups is 5. The van der Waals surface area contributed by atoms with Crippen LogP contribution in [0.15, 0.2) is 30.3 Å². The van der Waals surface area contributed by atoms with Crippen molar-refractivity contribution in [2.75, 3.05) is 6.54 Å². The first-order chi connectivity index (χ1) is 16.5. The van der Waals surface area contributed by atoms with Crippen LogP contribution < -0.4 is 27.8 Å². The molecule has 8 N–H and O–H groups in total. The summed E-state index contributed by atoms with van der Waals surface area (Å²) < 4.78 is 0. The minimum absolute atomic E-state index is 0.0122. The van der Waals surface area contributed by atoms with E-state index < -0.39 is 47.4 Å². The number of rotatable bonds is 16. The van der Waals surface area contributed by atoms with Gasteiger partial charge in [-0.2, -0.15) is 0 Å². The zero-order chi connectivity index (χ0) is 26.4. The summed E-state index contributed by atoms with van der Waals surface area (Å²) in [5, 5.41) is 5.65. The molecule has 1 aromatic carbocycles. The predicted octanol–water partition coefficient (Wildman–Crippen LogP) is 0.798. The number of halogens is 1. The molecule has 35 heavy (non-hydrogen) atoms. The number of benzene rings is 1. The van der Waals surface area contributed by atoms with Crippen LogP contribution >= 0.6 is 11.6 Å². The number of ketones is 1. The van der Waals surface area contributed by atoms with Crippen LogP contribution in [-0.4, -0.2) is 48.0 Å². The van der Waals surface area contributed by atoms with Crippen molar-refractivity contribution < 1.29 is 24.0 Å². The largest absolute Gasteiger partial charge is 0.369 e. The molecule has 10 nitrogen and oxygen atoms in total. The van der Waals surface area contributed by atoms with E-state index in [0.717, 1.165) is 5.56 Å². The highest BCUT2D eigenvalue weighted by atomic mass is 35.5. The van der Waals surface area contributed by atoms with Crippen molar-refractivity contribution in [2.24, 2.45) is 23.1 Å². The molecule has 0 aliphatic heterocycles. The number of Topliss-reactive ketones (excluding diaryl/α,β-unsaturated/α-hetero) is 1. The lowest BCUT2D eigenvalue weighted by atomic mass is 9.93. The van der Waals surface area contributed by atoms with Gasteiger partial charge >= 0.3 is 0 Å². The smallest absolute Gasteiger partial charge is 0.244 e. The Bertz CT molecular complexity index is 919. The quantitative estimate of drug-likeness (QED) is 0.162. The highest BCUT2D eigenvalue weighted by Crippen LogP contribution is 2.14. The average Bonchev–Trinajstić information content (AvgIpc) is 2.80. The van der Waals surface area contributed by atoms with Crippen molar-refractivity contribution in [3.05, 3.63) is 40.9 Å². The van der Waals surface area contributed by atoms with E-state index in [-0.39, 0.29) is 19.3 Å². The second kappa shape index (κ2) is 15.6. The van der Waals surface area contributed by atoms with Crippen molar-refractivity contribution >= 4 is 47.1 Å². The molecule has 0 heterocycles. The summed E-state index contributed by atoms with van der Waals surface area (Å²) in [5.74, 6) is -3.66. The highest BCUT2D eigenvalue weighted by molar-refractivity contribution is 6.30. The van der Waals surface area contributed by atoms with Crippen LogP contribution in [0.3, 0.4) is 0 Å². The molecule has 0 fully saturated rings. The number of nitrogens with two attached hydrogens (primary N) is 3. The van der Waals surface area contributed by atoms with Crippen LogP contribution in [0.2, 0.25) is 5.02 Å². The minimum atomic E-state index is -0.901. The number of hydrogen-bond donors (Lipinski definition) is 5. The molecule has 11 heteroatoms. The molecule has 0 saturated carbocycles. The monoisotopic (exact) mass is 507 g/mol. The highest BCUT2D eigenvalue weighted by Gasteiger charge is 2.25. The maximum Gasteiger partial charge on any atom is 0.244 e. The zero-order valence-electron chi connectivity index (χ0n) is 19.8. The van der Waals surface area contributed by atoms with E-state index in [0.29, 0.717) is 30.8 Å². The molecule has 192 valence electrons. The van der Waals surface area contributed by atoms with Crippen molar-refractivity contribution in [2.45, 2.75) is 57.5 Å². The lowest BCUT2D eigenvalue weighted by Gasteiger charge is -2.18. The Balaban J connectivity index is 2.56. The summed E-state index contributed by atoms with van der Waals surface area (Å²) in [4.78, 5) is 60.2. The van der Waals surface area contributed by atoms with Gasteiger partial charge in [-0.1, -0.05) is 23.7 Å². The van der Waals surface area contributed by atoms with Gasteiger partial charge < -0.3 is 27.8 Å². The Morgan fingerprint density at radius 2 is 1.63 bits per heavy atom. The van der Waals surface area contributed by atoms with E-state index in [1.54, 1.807) is 30.3 Å². The molecule has 0 aliphatic carbocycles. The summed E-state index contributed by atoms with van der Waals surface area (Å²) in [6, 6.07) is 5.14. The molecule has 1 rings (SSSR count). The fraction of sp³-hybridized carbons (Fsp3) is 0.458. The second-order valence-electron chi connectivity index (χ2n) is 8.23. The van der Waals surface area contributed by atoms with Crippen molar-refractivity contribution in [1.29, 1.82) is 0 Å². The first kappa shape index (κ1) is 29.8. The molecule has 3 atom stereocenters. The number of carbonyl (C=O) groups excluding carboxylic acids is 5. The van der Waals surface area contributed by atoms with Gasteiger partial charge in [0.2, 0.25) is 23.6 Å². The minimum Gasteiger partial charge on any atom is -0.369 e. The summed E-state index contributed by atoms with van der Waals surface area (Å²) in [6.07, 6.45) is 4.19. The predicted molar refractivity (Wildman–Crippen MR) is 134 cm³/mol. The van der Waals surface area contributed by atoms with E-state index in [2.05, 4.69) is 10.6 Å². The Morgan fingerprint density at radius 1 is 0.971 bits per heavy atom. The summed E-state index contributed by atoms with van der Waals surface area (Å²) in [7, 11) is 0. The summed E-state index contributed by atoms with van der Waals surface area (Å²) >= 11 is 5.82. The van der Waals surface area contributed by atoms with Crippen molar-refractivity contribution in [1.82, 2.24) is 10.6 Å². The number of primary amides is 2. The summed E-state index contributed by atoms with van der Waals surface area (Å²) in [5.41, 5.74) is 16.9. The van der Waals surface area contributed by atoms with Gasteiger partial charge in [-0.05, 0) is 62.9 Å². The number of amides is 4. The topological polar surface area (TPSA) is 187 Å². The maximum absolute atomic E-state index is 12.5. The van der Waals surface area contributed by atoms with E-state index in [1.165, 1.54) is 13.0 Å². The standard InChI is InChI=1S/C24H34ClN5O5/c1-15(29-21(32)11-7-16-5-9-18(25)10-6-16)20(31)14-17(23(27)34)8-12-22(33)30-19(24(28)35)4-2-3-13-26/h5-7,9-11,15,17,19H,2-4,8,12-14,26H2,1H3,(H2,27,34)(H2,28,35)(H,29,32)(H,30,33)/b11-7+/t15?,17-,19?/m1/s1. The lowest BCUT2D eigenvalue weighted by molar-refractivity contribution is -0.130. The Morgan fingerprint density at radius 3 is 2.20 bits per heavy atom. The van der Waals surface area contributed by atoms with Gasteiger partial charge in [0.15, 0.2) is 5.78 Å². The molecule has 1 aromatic rings. The third-order valence-electron chi connectivity index (χ3n) is 5.33. The molecular formula is C24H34ClN5O5.